The van der Waals surface area contributed by atoms with Gasteiger partial charge in [0.25, 0.3) is 0 Å². The summed E-state index contributed by atoms with van der Waals surface area (Å²) in [5.74, 6) is 0. The van der Waals surface area contributed by atoms with Gasteiger partial charge in [0.2, 0.25) is 0 Å². The average molecular weight is 176 g/mol. The Balaban J connectivity index is -0.0000000910. The molecule has 0 heterocycles. The van der Waals surface area contributed by atoms with Crippen molar-refractivity contribution in [3.05, 3.63) is 0 Å². The molecule has 3 N–H and O–H groups in total. The van der Waals surface area contributed by atoms with E-state index in [9.17, 15) is 0 Å². The normalized spacial score (nSPS) is 8.40. The first-order valence-corrected chi connectivity index (χ1v) is 2.37. The van der Waals surface area contributed by atoms with Gasteiger partial charge in [-0.2, -0.15) is 0 Å². The second kappa shape index (κ2) is 7.97. The number of rotatable bonds is 0. The third-order valence-corrected chi connectivity index (χ3v) is 0. The van der Waals surface area contributed by atoms with Gasteiger partial charge in [-0.3, -0.25) is 0 Å². The molecule has 0 unspecified atom stereocenters. The van der Waals surface area contributed by atoms with Crippen molar-refractivity contribution >= 4 is 57.5 Å². The maximum absolute atomic E-state index is 8.56. The zero-order valence-corrected chi connectivity index (χ0v) is 5.75. The average Bonchev–Trinajstić information content (AvgIpc) is 1.19. The molecule has 10 heavy (non-hydrogen) atoms. The molecule has 4 nitrogen and oxygen atoms in total. The van der Waals surface area contributed by atoms with Crippen molar-refractivity contribution in [3.8, 4) is 0 Å². The summed E-state index contributed by atoms with van der Waals surface area (Å²) in [4.78, 5) is 8.56. The van der Waals surface area contributed by atoms with E-state index in [2.05, 4.69) is 0 Å². The van der Waals surface area contributed by atoms with Gasteiger partial charge in [0, 0.05) is 0 Å². The van der Waals surface area contributed by atoms with Gasteiger partial charge in [-0.1, -0.05) is 0 Å². The van der Waals surface area contributed by atoms with Gasteiger partial charge < -0.3 is 15.3 Å². The number of hydrogen-bond donors (Lipinski definition) is 3. The fourth-order valence-corrected chi connectivity index (χ4v) is 0. The molecule has 5 heteroatoms. The van der Waals surface area contributed by atoms with Gasteiger partial charge in [0.05, 0.1) is 5.60 Å². The quantitative estimate of drug-likeness (QED) is 0.465. The Kier molecular flexibility index (Phi) is 13.6. The Morgan fingerprint density at radius 1 is 1.20 bits per heavy atom. The first-order valence-electron chi connectivity index (χ1n) is 2.37. The Morgan fingerprint density at radius 2 is 1.20 bits per heavy atom. The van der Waals surface area contributed by atoms with Crippen molar-refractivity contribution in [1.82, 2.24) is 0 Å². The second-order valence-electron chi connectivity index (χ2n) is 2.45. The van der Waals surface area contributed by atoms with Crippen LogP contribution in [0, 0.1) is 0 Å². The van der Waals surface area contributed by atoms with E-state index in [0.717, 1.165) is 0 Å². The first kappa shape index (κ1) is 17.1. The third-order valence-electron chi connectivity index (χ3n) is 0. The van der Waals surface area contributed by atoms with Crippen LogP contribution in [0.3, 0.4) is 0 Å². The summed E-state index contributed by atoms with van der Waals surface area (Å²) in [5.41, 5.74) is -0.500. The van der Waals surface area contributed by atoms with Crippen LogP contribution in [0.2, 0.25) is 0 Å². The Bertz CT molecular complexity index is 76.1. The molecular weight excluding hydrogens is 163 g/mol. The summed E-state index contributed by atoms with van der Waals surface area (Å²) in [5, 5.41) is 22.5. The zero-order chi connectivity index (χ0) is 8.08. The topological polar surface area (TPSA) is 77.8 Å². The third kappa shape index (κ3) is 731. The Hall–Kier alpha value is 0.866. The second-order valence-corrected chi connectivity index (χ2v) is 2.45. The van der Waals surface area contributed by atoms with Crippen molar-refractivity contribution in [1.29, 1.82) is 0 Å². The fraction of sp³-hybridized carbons (Fsp3) is 0.800. The molecule has 0 aliphatic heterocycles. The van der Waals surface area contributed by atoms with Gasteiger partial charge in [0.15, 0.2) is 0 Å². The van der Waals surface area contributed by atoms with E-state index < -0.39 is 11.8 Å². The Labute approximate surface area is 103 Å². The summed E-state index contributed by atoms with van der Waals surface area (Å²) >= 11 is 0. The maximum atomic E-state index is 8.56. The van der Waals surface area contributed by atoms with Gasteiger partial charge >= 0.3 is 57.5 Å². The van der Waals surface area contributed by atoms with Crippen molar-refractivity contribution in [2.24, 2.45) is 0 Å². The van der Waals surface area contributed by atoms with E-state index in [1.807, 2.05) is 0 Å². The molecule has 0 aliphatic carbocycles. The van der Waals surface area contributed by atoms with Crippen LogP contribution < -0.4 is 0 Å². The van der Waals surface area contributed by atoms with Gasteiger partial charge in [-0.05, 0) is 20.8 Å². The van der Waals surface area contributed by atoms with E-state index in [1.54, 1.807) is 20.8 Å². The molecule has 0 aromatic rings. The molecule has 0 aromatic heterocycles. The standard InChI is InChI=1S/C4H10O.CH2O3.K.H/c1-4(2,3)5;2-1(3)4;;/h5H,1-3H3;(H2,2,3,4);;. The van der Waals surface area contributed by atoms with Crippen LogP contribution in [-0.4, -0.2) is 78.5 Å². The first-order chi connectivity index (χ1) is 3.73. The molecule has 0 bridgehead atoms. The number of carboxylic acid groups (broad SMARTS) is 2. The summed E-state index contributed by atoms with van der Waals surface area (Å²) < 4.78 is 0. The number of aliphatic hydroxyl groups is 1. The van der Waals surface area contributed by atoms with E-state index in [0.29, 0.717) is 0 Å². The van der Waals surface area contributed by atoms with Crippen LogP contribution in [0.25, 0.3) is 0 Å². The SMILES string of the molecule is CC(C)(C)O.O=C(O)O.[KH]. The van der Waals surface area contributed by atoms with Crippen LogP contribution in [0.1, 0.15) is 20.8 Å². The Morgan fingerprint density at radius 3 is 1.20 bits per heavy atom. The van der Waals surface area contributed by atoms with Crippen LogP contribution >= 0.6 is 0 Å². The van der Waals surface area contributed by atoms with Gasteiger partial charge in [-0.15, -0.1) is 0 Å². The predicted octanol–water partition coefficient (Wildman–Crippen LogP) is 0.351. The van der Waals surface area contributed by atoms with Crippen LogP contribution in [0.5, 0.6) is 0 Å². The number of carbonyl (C=O) groups is 1. The molecule has 58 valence electrons. The minimum atomic E-state index is -1.83. The summed E-state index contributed by atoms with van der Waals surface area (Å²) in [6.45, 7) is 5.23. The summed E-state index contributed by atoms with van der Waals surface area (Å²) in [6.07, 6.45) is -1.83. The molecule has 0 fully saturated rings. The van der Waals surface area contributed by atoms with Crippen molar-refractivity contribution in [3.63, 3.8) is 0 Å². The number of hydrogen-bond acceptors (Lipinski definition) is 2. The van der Waals surface area contributed by atoms with Crippen molar-refractivity contribution in [2.45, 2.75) is 26.4 Å². The van der Waals surface area contributed by atoms with Gasteiger partial charge in [-0.25, -0.2) is 4.79 Å². The van der Waals surface area contributed by atoms with E-state index in [-0.39, 0.29) is 51.4 Å². The zero-order valence-electron chi connectivity index (χ0n) is 5.75. The summed E-state index contributed by atoms with van der Waals surface area (Å²) in [6, 6.07) is 0. The predicted molar refractivity (Wildman–Crippen MR) is 39.8 cm³/mol. The molecular formula is C5H13KO4. The monoisotopic (exact) mass is 176 g/mol. The van der Waals surface area contributed by atoms with E-state index in [4.69, 9.17) is 20.1 Å². The van der Waals surface area contributed by atoms with E-state index in [1.165, 1.54) is 0 Å². The van der Waals surface area contributed by atoms with Crippen LogP contribution in [-0.2, 0) is 0 Å². The molecule has 0 saturated carbocycles. The molecule has 0 aliphatic rings. The molecule has 0 saturated heterocycles. The van der Waals surface area contributed by atoms with E-state index >= 15 is 0 Å². The van der Waals surface area contributed by atoms with Crippen LogP contribution in [0.15, 0.2) is 0 Å². The molecule has 0 amide bonds. The molecule has 0 atom stereocenters. The molecule has 0 rings (SSSR count). The minimum absolute atomic E-state index is 0. The van der Waals surface area contributed by atoms with Gasteiger partial charge in [0.1, 0.15) is 0 Å². The fourth-order valence-electron chi connectivity index (χ4n) is 0. The molecule has 0 aromatic carbocycles. The molecule has 0 spiro atoms. The summed E-state index contributed by atoms with van der Waals surface area (Å²) in [7, 11) is 0. The van der Waals surface area contributed by atoms with Crippen molar-refractivity contribution in [2.75, 3.05) is 0 Å². The molecule has 0 radical (unpaired) electrons. The van der Waals surface area contributed by atoms with Crippen molar-refractivity contribution < 1.29 is 20.1 Å². The van der Waals surface area contributed by atoms with Crippen LogP contribution in [0.4, 0.5) is 4.79 Å².